The molecule has 9 heteroatoms. The molecule has 3 rings (SSSR count). The van der Waals surface area contributed by atoms with E-state index in [0.717, 1.165) is 31.6 Å². The summed E-state index contributed by atoms with van der Waals surface area (Å²) in [4.78, 5) is 14.8. The van der Waals surface area contributed by atoms with Gasteiger partial charge >= 0.3 is 0 Å². The second kappa shape index (κ2) is 11.4. The molecule has 0 spiro atoms. The number of carbonyl (C=O) groups is 1. The Bertz CT molecular complexity index is 976. The lowest BCUT2D eigenvalue weighted by atomic mass is 10.2. The Morgan fingerprint density at radius 1 is 1.13 bits per heavy atom. The molecule has 0 aromatic heterocycles. The molecule has 2 N–H and O–H groups in total. The Labute approximate surface area is 188 Å². The summed E-state index contributed by atoms with van der Waals surface area (Å²) in [6, 6.07) is 14.6. The van der Waals surface area contributed by atoms with Gasteiger partial charge in [0.05, 0.1) is 12.9 Å². The van der Waals surface area contributed by atoms with E-state index in [0.29, 0.717) is 30.8 Å². The van der Waals surface area contributed by atoms with Gasteiger partial charge in [-0.3, -0.25) is 14.4 Å². The minimum absolute atomic E-state index is 0.251. The lowest BCUT2D eigenvalue weighted by Crippen LogP contribution is -2.31. The fourth-order valence-electron chi connectivity index (χ4n) is 3.26. The van der Waals surface area contributed by atoms with Gasteiger partial charge in [-0.1, -0.05) is 18.2 Å². The number of ether oxygens (including phenoxy) is 1. The van der Waals surface area contributed by atoms with Gasteiger partial charge in [0.25, 0.3) is 5.91 Å². The standard InChI is InChI=1S/C22H29N3O4S2/c1-31(27,28)24-20-7-3-6-19(16-20)22(26)23-9-4-12-29-21-8-2-5-18(15-21)17-25-10-13-30-14-11-25/h2-3,5-8,15-16,24H,4,9-14,17H2,1H3,(H,23,26). The fraction of sp³-hybridized carbons (Fsp3) is 0.409. The van der Waals surface area contributed by atoms with Crippen molar-refractivity contribution in [1.29, 1.82) is 0 Å². The molecule has 1 fully saturated rings. The summed E-state index contributed by atoms with van der Waals surface area (Å²) in [6.45, 7) is 4.17. The van der Waals surface area contributed by atoms with E-state index in [4.69, 9.17) is 4.74 Å². The van der Waals surface area contributed by atoms with E-state index in [1.54, 1.807) is 18.2 Å². The molecule has 1 heterocycles. The van der Waals surface area contributed by atoms with Crippen molar-refractivity contribution in [2.45, 2.75) is 13.0 Å². The van der Waals surface area contributed by atoms with Crippen LogP contribution in [-0.2, 0) is 16.6 Å². The maximum Gasteiger partial charge on any atom is 0.251 e. The van der Waals surface area contributed by atoms with Crippen molar-refractivity contribution in [3.63, 3.8) is 0 Å². The first kappa shape index (κ1) is 23.4. The van der Waals surface area contributed by atoms with Crippen LogP contribution in [0, 0.1) is 0 Å². The second-order valence-electron chi connectivity index (χ2n) is 7.45. The number of anilines is 1. The second-order valence-corrected chi connectivity index (χ2v) is 10.4. The highest BCUT2D eigenvalue weighted by atomic mass is 32.2. The fourth-order valence-corrected chi connectivity index (χ4v) is 4.79. The summed E-state index contributed by atoms with van der Waals surface area (Å²) in [5.74, 6) is 2.98. The van der Waals surface area contributed by atoms with Crippen LogP contribution in [0.5, 0.6) is 5.75 Å². The third-order valence-electron chi connectivity index (χ3n) is 4.71. The van der Waals surface area contributed by atoms with E-state index in [1.807, 2.05) is 23.9 Å². The molecule has 0 radical (unpaired) electrons. The number of carbonyl (C=O) groups excluding carboxylic acids is 1. The van der Waals surface area contributed by atoms with Crippen LogP contribution in [0.1, 0.15) is 22.3 Å². The summed E-state index contributed by atoms with van der Waals surface area (Å²) in [5.41, 5.74) is 2.01. The Hall–Kier alpha value is -2.23. The van der Waals surface area contributed by atoms with Crippen molar-refractivity contribution in [3.05, 3.63) is 59.7 Å². The van der Waals surface area contributed by atoms with Crippen LogP contribution in [0.25, 0.3) is 0 Å². The van der Waals surface area contributed by atoms with E-state index in [9.17, 15) is 13.2 Å². The van der Waals surface area contributed by atoms with E-state index in [1.165, 1.54) is 23.1 Å². The number of amides is 1. The summed E-state index contributed by atoms with van der Waals surface area (Å²) in [5, 5.41) is 2.84. The Kier molecular flexibility index (Phi) is 8.62. The predicted octanol–water partition coefficient (Wildman–Crippen LogP) is 2.81. The van der Waals surface area contributed by atoms with Crippen molar-refractivity contribution < 1.29 is 17.9 Å². The minimum atomic E-state index is -3.38. The highest BCUT2D eigenvalue weighted by Crippen LogP contribution is 2.17. The molecule has 0 unspecified atom stereocenters. The number of nitrogens with zero attached hydrogens (tertiary/aromatic N) is 1. The first-order chi connectivity index (χ1) is 14.9. The number of nitrogens with one attached hydrogen (secondary N) is 2. The lowest BCUT2D eigenvalue weighted by molar-refractivity contribution is 0.0951. The lowest BCUT2D eigenvalue weighted by Gasteiger charge is -2.26. The van der Waals surface area contributed by atoms with Crippen LogP contribution in [0.3, 0.4) is 0 Å². The van der Waals surface area contributed by atoms with Gasteiger partial charge in [-0.2, -0.15) is 11.8 Å². The quantitative estimate of drug-likeness (QED) is 0.527. The zero-order valence-electron chi connectivity index (χ0n) is 17.7. The van der Waals surface area contributed by atoms with Gasteiger partial charge in [0.15, 0.2) is 0 Å². The van der Waals surface area contributed by atoms with Crippen LogP contribution in [0.2, 0.25) is 0 Å². The zero-order valence-corrected chi connectivity index (χ0v) is 19.3. The average Bonchev–Trinajstić information content (AvgIpc) is 2.73. The van der Waals surface area contributed by atoms with Gasteiger partial charge in [-0.25, -0.2) is 8.42 Å². The molecule has 168 valence electrons. The highest BCUT2D eigenvalue weighted by Gasteiger charge is 2.11. The van der Waals surface area contributed by atoms with Gasteiger partial charge in [0, 0.05) is 48.9 Å². The van der Waals surface area contributed by atoms with Crippen LogP contribution in [0.4, 0.5) is 5.69 Å². The number of hydrogen-bond acceptors (Lipinski definition) is 6. The van der Waals surface area contributed by atoms with Gasteiger partial charge in [-0.15, -0.1) is 0 Å². The van der Waals surface area contributed by atoms with Crippen molar-refractivity contribution in [1.82, 2.24) is 10.2 Å². The highest BCUT2D eigenvalue weighted by molar-refractivity contribution is 7.99. The van der Waals surface area contributed by atoms with Crippen LogP contribution in [0.15, 0.2) is 48.5 Å². The van der Waals surface area contributed by atoms with Crippen molar-refractivity contribution in [2.24, 2.45) is 0 Å². The maximum atomic E-state index is 12.3. The zero-order chi connectivity index (χ0) is 22.1. The van der Waals surface area contributed by atoms with E-state index in [-0.39, 0.29) is 5.91 Å². The molecule has 1 aliphatic rings. The topological polar surface area (TPSA) is 87.7 Å². The number of benzene rings is 2. The first-order valence-corrected chi connectivity index (χ1v) is 13.3. The summed E-state index contributed by atoms with van der Waals surface area (Å²) >= 11 is 2.01. The molecular formula is C22H29N3O4S2. The maximum absolute atomic E-state index is 12.3. The average molecular weight is 464 g/mol. The smallest absolute Gasteiger partial charge is 0.251 e. The third-order valence-corrected chi connectivity index (χ3v) is 6.26. The molecule has 1 amide bonds. The first-order valence-electron chi connectivity index (χ1n) is 10.3. The van der Waals surface area contributed by atoms with Crippen molar-refractivity contribution >= 4 is 33.4 Å². The Balaban J connectivity index is 1.39. The molecule has 0 atom stereocenters. The summed E-state index contributed by atoms with van der Waals surface area (Å²) in [6.07, 6.45) is 1.74. The minimum Gasteiger partial charge on any atom is -0.494 e. The molecule has 0 aliphatic carbocycles. The third kappa shape index (κ3) is 8.43. The van der Waals surface area contributed by atoms with E-state index in [2.05, 4.69) is 27.1 Å². The molecule has 1 saturated heterocycles. The molecular weight excluding hydrogens is 434 g/mol. The summed E-state index contributed by atoms with van der Waals surface area (Å²) < 4.78 is 30.9. The molecule has 1 aliphatic heterocycles. The number of thioether (sulfide) groups is 1. The molecule has 2 aromatic carbocycles. The van der Waals surface area contributed by atoms with Crippen LogP contribution >= 0.6 is 11.8 Å². The van der Waals surface area contributed by atoms with Crippen molar-refractivity contribution in [2.75, 3.05) is 48.7 Å². The SMILES string of the molecule is CS(=O)(=O)Nc1cccc(C(=O)NCCCOc2cccc(CN3CCSCC3)c2)c1. The van der Waals surface area contributed by atoms with Gasteiger partial charge < -0.3 is 10.1 Å². The van der Waals surface area contributed by atoms with Gasteiger partial charge in [-0.05, 0) is 42.3 Å². The molecule has 7 nitrogen and oxygen atoms in total. The number of hydrogen-bond donors (Lipinski definition) is 2. The monoisotopic (exact) mass is 463 g/mol. The van der Waals surface area contributed by atoms with Gasteiger partial charge in [0.2, 0.25) is 10.0 Å². The largest absolute Gasteiger partial charge is 0.494 e. The Morgan fingerprint density at radius 3 is 2.68 bits per heavy atom. The van der Waals surface area contributed by atoms with Gasteiger partial charge in [0.1, 0.15) is 5.75 Å². The summed E-state index contributed by atoms with van der Waals surface area (Å²) in [7, 11) is -3.38. The number of rotatable bonds is 10. The predicted molar refractivity (Wildman–Crippen MR) is 126 cm³/mol. The number of sulfonamides is 1. The van der Waals surface area contributed by atoms with Crippen LogP contribution < -0.4 is 14.8 Å². The van der Waals surface area contributed by atoms with E-state index >= 15 is 0 Å². The molecule has 0 saturated carbocycles. The van der Waals surface area contributed by atoms with Crippen molar-refractivity contribution in [3.8, 4) is 5.75 Å². The normalized spacial score (nSPS) is 14.7. The van der Waals surface area contributed by atoms with E-state index < -0.39 is 10.0 Å². The molecule has 0 bridgehead atoms. The Morgan fingerprint density at radius 2 is 1.90 bits per heavy atom. The van der Waals surface area contributed by atoms with Crippen LogP contribution in [-0.4, -0.2) is 63.2 Å². The molecule has 31 heavy (non-hydrogen) atoms. The molecule has 2 aromatic rings.